The van der Waals surface area contributed by atoms with Gasteiger partial charge in [0, 0.05) is 6.54 Å². The molecule has 2 amide bonds. The van der Waals surface area contributed by atoms with E-state index in [4.69, 9.17) is 5.26 Å². The highest BCUT2D eigenvalue weighted by Crippen LogP contribution is 2.63. The maximum Gasteiger partial charge on any atom is 0.233 e. The number of nitriles is 1. The SMILES string of the molecule is CC(C)(C#N)CCCN1C(=O)C2C(C1=O)C2(C)C. The first-order valence-corrected chi connectivity index (χ1v) is 6.49. The Bertz CT molecular complexity index is 421. The largest absolute Gasteiger partial charge is 0.282 e. The minimum absolute atomic E-state index is 0.00948. The molecule has 0 aromatic carbocycles. The van der Waals surface area contributed by atoms with Crippen LogP contribution in [0.3, 0.4) is 0 Å². The molecule has 4 heteroatoms. The van der Waals surface area contributed by atoms with Crippen LogP contribution in [-0.2, 0) is 9.59 Å². The Kier molecular flexibility index (Phi) is 2.77. The van der Waals surface area contributed by atoms with Crippen molar-refractivity contribution >= 4 is 11.8 Å². The second kappa shape index (κ2) is 3.81. The molecule has 0 radical (unpaired) electrons. The van der Waals surface area contributed by atoms with E-state index < -0.39 is 0 Å². The quantitative estimate of drug-likeness (QED) is 0.714. The normalized spacial score (nSPS) is 29.2. The molecule has 0 N–H and O–H groups in total. The molecule has 2 fully saturated rings. The number of likely N-dealkylation sites (tertiary alicyclic amines) is 1. The van der Waals surface area contributed by atoms with Crippen molar-refractivity contribution in [1.29, 1.82) is 5.26 Å². The fourth-order valence-corrected chi connectivity index (χ4v) is 2.96. The molecule has 1 heterocycles. The topological polar surface area (TPSA) is 61.2 Å². The summed E-state index contributed by atoms with van der Waals surface area (Å²) >= 11 is 0. The van der Waals surface area contributed by atoms with Crippen molar-refractivity contribution in [3.05, 3.63) is 0 Å². The molecule has 1 saturated heterocycles. The summed E-state index contributed by atoms with van der Waals surface area (Å²) in [5, 5.41) is 8.91. The number of hydrogen-bond acceptors (Lipinski definition) is 3. The first-order valence-electron chi connectivity index (χ1n) is 6.49. The molecule has 18 heavy (non-hydrogen) atoms. The Morgan fingerprint density at radius 3 is 2.22 bits per heavy atom. The lowest BCUT2D eigenvalue weighted by Crippen LogP contribution is -2.37. The maximum atomic E-state index is 12.0. The van der Waals surface area contributed by atoms with Crippen LogP contribution in [0.15, 0.2) is 0 Å². The highest BCUT2D eigenvalue weighted by atomic mass is 16.2. The molecular formula is C14H20N2O2. The Morgan fingerprint density at radius 1 is 1.28 bits per heavy atom. The molecule has 1 aliphatic heterocycles. The Hall–Kier alpha value is -1.37. The van der Waals surface area contributed by atoms with Crippen molar-refractivity contribution in [3.63, 3.8) is 0 Å². The lowest BCUT2D eigenvalue weighted by molar-refractivity contribution is -0.143. The molecule has 0 aromatic rings. The van der Waals surface area contributed by atoms with E-state index in [1.165, 1.54) is 4.90 Å². The summed E-state index contributed by atoms with van der Waals surface area (Å²) in [6.07, 6.45) is 1.41. The molecule has 0 spiro atoms. The molecule has 2 aliphatic rings. The third-order valence-electron chi connectivity index (χ3n) is 4.38. The van der Waals surface area contributed by atoms with E-state index >= 15 is 0 Å². The molecule has 1 aliphatic carbocycles. The van der Waals surface area contributed by atoms with Crippen molar-refractivity contribution < 1.29 is 9.59 Å². The molecule has 0 aromatic heterocycles. The van der Waals surface area contributed by atoms with E-state index in [2.05, 4.69) is 6.07 Å². The van der Waals surface area contributed by atoms with Crippen LogP contribution in [0.5, 0.6) is 0 Å². The number of hydrogen-bond donors (Lipinski definition) is 0. The molecule has 2 unspecified atom stereocenters. The molecule has 4 nitrogen and oxygen atoms in total. The number of fused-ring (bicyclic) bond motifs is 1. The summed E-state index contributed by atoms with van der Waals surface area (Å²) < 4.78 is 0. The third kappa shape index (κ3) is 1.82. The summed E-state index contributed by atoms with van der Waals surface area (Å²) in [6, 6.07) is 2.23. The molecule has 2 atom stereocenters. The summed E-state index contributed by atoms with van der Waals surface area (Å²) in [7, 11) is 0. The number of nitrogens with zero attached hydrogens (tertiary/aromatic N) is 2. The summed E-state index contributed by atoms with van der Waals surface area (Å²) in [5.74, 6) is -0.197. The zero-order valence-electron chi connectivity index (χ0n) is 11.5. The van der Waals surface area contributed by atoms with Gasteiger partial charge >= 0.3 is 0 Å². The van der Waals surface area contributed by atoms with Crippen LogP contribution in [0.4, 0.5) is 0 Å². The van der Waals surface area contributed by atoms with Gasteiger partial charge in [-0.05, 0) is 32.1 Å². The number of rotatable bonds is 4. The van der Waals surface area contributed by atoms with E-state index in [9.17, 15) is 9.59 Å². The monoisotopic (exact) mass is 248 g/mol. The third-order valence-corrected chi connectivity index (χ3v) is 4.38. The molecule has 1 saturated carbocycles. The van der Waals surface area contributed by atoms with Crippen LogP contribution < -0.4 is 0 Å². The van der Waals surface area contributed by atoms with E-state index in [0.717, 1.165) is 0 Å². The van der Waals surface area contributed by atoms with Gasteiger partial charge in [0.15, 0.2) is 0 Å². The Balaban J connectivity index is 1.89. The van der Waals surface area contributed by atoms with Gasteiger partial charge < -0.3 is 0 Å². The van der Waals surface area contributed by atoms with Crippen molar-refractivity contribution in [2.45, 2.75) is 40.5 Å². The number of imide groups is 1. The second-order valence-corrected chi connectivity index (χ2v) is 6.70. The molecule has 98 valence electrons. The number of carbonyl (C=O) groups excluding carboxylic acids is 2. The average molecular weight is 248 g/mol. The smallest absolute Gasteiger partial charge is 0.233 e. The van der Waals surface area contributed by atoms with Gasteiger partial charge in [-0.2, -0.15) is 5.26 Å². The average Bonchev–Trinajstić information content (AvgIpc) is 2.75. The lowest BCUT2D eigenvalue weighted by atomic mass is 9.90. The summed E-state index contributed by atoms with van der Waals surface area (Å²) in [5.41, 5.74) is -0.509. The standard InChI is InChI=1S/C14H20N2O2/c1-13(2,8-15)6-5-7-16-11(17)9-10(12(16)18)14(9,3)4/h9-10H,5-7H2,1-4H3. The minimum atomic E-state index is -0.381. The van der Waals surface area contributed by atoms with Gasteiger partial charge in [0.1, 0.15) is 0 Å². The first-order chi connectivity index (χ1) is 8.22. The maximum absolute atomic E-state index is 12.0. The van der Waals surface area contributed by atoms with Gasteiger partial charge in [-0.15, -0.1) is 0 Å². The van der Waals surface area contributed by atoms with Crippen LogP contribution in [0.25, 0.3) is 0 Å². The molecule has 2 rings (SSSR count). The van der Waals surface area contributed by atoms with Gasteiger partial charge in [0.05, 0.1) is 23.3 Å². The van der Waals surface area contributed by atoms with Crippen molar-refractivity contribution in [3.8, 4) is 6.07 Å². The minimum Gasteiger partial charge on any atom is -0.282 e. The lowest BCUT2D eigenvalue weighted by Gasteiger charge is -2.22. The zero-order chi connectivity index (χ0) is 13.7. The predicted molar refractivity (Wildman–Crippen MR) is 66.1 cm³/mol. The molecular weight excluding hydrogens is 228 g/mol. The van der Waals surface area contributed by atoms with E-state index in [0.29, 0.717) is 19.4 Å². The van der Waals surface area contributed by atoms with Crippen LogP contribution in [0, 0.1) is 34.0 Å². The fourth-order valence-electron chi connectivity index (χ4n) is 2.96. The van der Waals surface area contributed by atoms with E-state index in [-0.39, 0.29) is 34.5 Å². The van der Waals surface area contributed by atoms with Crippen LogP contribution in [-0.4, -0.2) is 23.3 Å². The van der Waals surface area contributed by atoms with Gasteiger partial charge in [-0.25, -0.2) is 0 Å². The van der Waals surface area contributed by atoms with Gasteiger partial charge in [-0.3, -0.25) is 14.5 Å². The molecule has 0 bridgehead atoms. The van der Waals surface area contributed by atoms with Gasteiger partial charge in [0.2, 0.25) is 11.8 Å². The van der Waals surface area contributed by atoms with E-state index in [1.54, 1.807) is 0 Å². The van der Waals surface area contributed by atoms with Crippen LogP contribution in [0.1, 0.15) is 40.5 Å². The van der Waals surface area contributed by atoms with E-state index in [1.807, 2.05) is 27.7 Å². The fraction of sp³-hybridized carbons (Fsp3) is 0.786. The summed E-state index contributed by atoms with van der Waals surface area (Å²) in [4.78, 5) is 25.5. The zero-order valence-corrected chi connectivity index (χ0v) is 11.5. The highest BCUT2D eigenvalue weighted by molar-refractivity contribution is 6.10. The second-order valence-electron chi connectivity index (χ2n) is 6.70. The number of amides is 2. The van der Waals surface area contributed by atoms with Crippen LogP contribution >= 0.6 is 0 Å². The number of piperidine rings is 1. The van der Waals surface area contributed by atoms with Gasteiger partial charge in [0.25, 0.3) is 0 Å². The predicted octanol–water partition coefficient (Wildman–Crippen LogP) is 1.96. The van der Waals surface area contributed by atoms with Crippen molar-refractivity contribution in [2.75, 3.05) is 6.54 Å². The Morgan fingerprint density at radius 2 is 1.78 bits per heavy atom. The number of carbonyl (C=O) groups is 2. The Labute approximate surface area is 108 Å². The van der Waals surface area contributed by atoms with Crippen molar-refractivity contribution in [2.24, 2.45) is 22.7 Å². The van der Waals surface area contributed by atoms with Gasteiger partial charge in [-0.1, -0.05) is 13.8 Å². The van der Waals surface area contributed by atoms with Crippen molar-refractivity contribution in [1.82, 2.24) is 4.90 Å². The van der Waals surface area contributed by atoms with Crippen LogP contribution in [0.2, 0.25) is 0 Å². The first kappa shape index (κ1) is 13.1. The summed E-state index contributed by atoms with van der Waals surface area (Å²) in [6.45, 7) is 8.18. The highest BCUT2D eigenvalue weighted by Gasteiger charge is 2.72.